The van der Waals surface area contributed by atoms with Crippen molar-refractivity contribution in [1.82, 2.24) is 9.55 Å². The molecular weight excluding hydrogens is 176 g/mol. The van der Waals surface area contributed by atoms with Crippen LogP contribution in [0.4, 0.5) is 0 Å². The predicted molar refractivity (Wildman–Crippen MR) is 54.4 cm³/mol. The first-order valence-corrected chi connectivity index (χ1v) is 5.29. The number of carbonyl (C=O) groups is 1. The standard InChI is InChI=1S/C11H16N2O/c1-13-10(7-12-11(13)8-14)9-5-3-2-4-6-9/h7-9H,2-6H2,1H3. The van der Waals surface area contributed by atoms with Crippen LogP contribution in [0.5, 0.6) is 0 Å². The molecule has 1 heterocycles. The van der Waals surface area contributed by atoms with Crippen LogP contribution in [0, 0.1) is 0 Å². The second kappa shape index (κ2) is 3.95. The summed E-state index contributed by atoms with van der Waals surface area (Å²) in [5.74, 6) is 1.17. The highest BCUT2D eigenvalue weighted by molar-refractivity contribution is 5.69. The first-order valence-electron chi connectivity index (χ1n) is 5.29. The lowest BCUT2D eigenvalue weighted by Gasteiger charge is -2.21. The maximum Gasteiger partial charge on any atom is 0.185 e. The Hall–Kier alpha value is -1.12. The van der Waals surface area contributed by atoms with Crippen LogP contribution in [0.25, 0.3) is 0 Å². The maximum absolute atomic E-state index is 10.6. The molecule has 0 bridgehead atoms. The zero-order valence-electron chi connectivity index (χ0n) is 8.57. The molecule has 14 heavy (non-hydrogen) atoms. The predicted octanol–water partition coefficient (Wildman–Crippen LogP) is 2.28. The highest BCUT2D eigenvalue weighted by Gasteiger charge is 2.19. The van der Waals surface area contributed by atoms with Gasteiger partial charge in [0.1, 0.15) is 0 Å². The van der Waals surface area contributed by atoms with Gasteiger partial charge in [0.25, 0.3) is 0 Å². The van der Waals surface area contributed by atoms with Gasteiger partial charge in [-0.3, -0.25) is 4.79 Å². The van der Waals surface area contributed by atoms with E-state index in [1.807, 2.05) is 17.8 Å². The molecule has 1 saturated carbocycles. The van der Waals surface area contributed by atoms with E-state index < -0.39 is 0 Å². The summed E-state index contributed by atoms with van der Waals surface area (Å²) in [4.78, 5) is 14.7. The van der Waals surface area contributed by atoms with Crippen molar-refractivity contribution in [3.05, 3.63) is 17.7 Å². The van der Waals surface area contributed by atoms with E-state index in [-0.39, 0.29) is 0 Å². The third-order valence-corrected chi connectivity index (χ3v) is 3.19. The van der Waals surface area contributed by atoms with Crippen LogP contribution < -0.4 is 0 Å². The lowest BCUT2D eigenvalue weighted by molar-refractivity contribution is 0.111. The Morgan fingerprint density at radius 2 is 2.14 bits per heavy atom. The van der Waals surface area contributed by atoms with Crippen LogP contribution in [-0.2, 0) is 7.05 Å². The Morgan fingerprint density at radius 3 is 2.71 bits per heavy atom. The Labute approximate surface area is 84.1 Å². The van der Waals surface area contributed by atoms with Crippen LogP contribution >= 0.6 is 0 Å². The van der Waals surface area contributed by atoms with Gasteiger partial charge < -0.3 is 4.57 Å². The number of carbonyl (C=O) groups excluding carboxylic acids is 1. The van der Waals surface area contributed by atoms with Gasteiger partial charge in [-0.15, -0.1) is 0 Å². The molecule has 1 aromatic rings. The summed E-state index contributed by atoms with van der Waals surface area (Å²) in [5, 5.41) is 0. The number of aldehydes is 1. The molecule has 0 aliphatic heterocycles. The van der Waals surface area contributed by atoms with Gasteiger partial charge in [0.05, 0.1) is 0 Å². The molecular formula is C11H16N2O. The summed E-state index contributed by atoms with van der Waals surface area (Å²) >= 11 is 0. The van der Waals surface area contributed by atoms with E-state index >= 15 is 0 Å². The molecule has 1 aliphatic carbocycles. The van der Waals surface area contributed by atoms with Crippen LogP contribution in [0.1, 0.15) is 54.3 Å². The van der Waals surface area contributed by atoms with Gasteiger partial charge in [-0.1, -0.05) is 19.3 Å². The van der Waals surface area contributed by atoms with E-state index in [4.69, 9.17) is 0 Å². The number of hydrogen-bond acceptors (Lipinski definition) is 2. The van der Waals surface area contributed by atoms with Gasteiger partial charge in [0.2, 0.25) is 0 Å². The molecule has 0 amide bonds. The van der Waals surface area contributed by atoms with E-state index in [1.54, 1.807) is 0 Å². The number of rotatable bonds is 2. The Morgan fingerprint density at radius 1 is 1.43 bits per heavy atom. The fraction of sp³-hybridized carbons (Fsp3) is 0.636. The summed E-state index contributed by atoms with van der Waals surface area (Å²) in [6, 6.07) is 0. The average molecular weight is 192 g/mol. The monoisotopic (exact) mass is 192 g/mol. The minimum Gasteiger partial charge on any atom is -0.329 e. The molecule has 0 N–H and O–H groups in total. The van der Waals surface area contributed by atoms with Gasteiger partial charge in [-0.2, -0.15) is 0 Å². The van der Waals surface area contributed by atoms with Crippen molar-refractivity contribution < 1.29 is 4.79 Å². The second-order valence-electron chi connectivity index (χ2n) is 4.05. The first-order chi connectivity index (χ1) is 6.83. The molecule has 0 saturated heterocycles. The average Bonchev–Trinajstić information content (AvgIpc) is 2.61. The number of hydrogen-bond donors (Lipinski definition) is 0. The van der Waals surface area contributed by atoms with Crippen LogP contribution in [-0.4, -0.2) is 15.8 Å². The number of nitrogens with zero attached hydrogens (tertiary/aromatic N) is 2. The van der Waals surface area contributed by atoms with Crippen LogP contribution in [0.3, 0.4) is 0 Å². The quantitative estimate of drug-likeness (QED) is 0.674. The third kappa shape index (κ3) is 1.59. The van der Waals surface area contributed by atoms with Crippen molar-refractivity contribution >= 4 is 6.29 Å². The lowest BCUT2D eigenvalue weighted by atomic mass is 9.87. The molecule has 3 heteroatoms. The first kappa shape index (κ1) is 9.44. The topological polar surface area (TPSA) is 34.9 Å². The lowest BCUT2D eigenvalue weighted by Crippen LogP contribution is -2.10. The van der Waals surface area contributed by atoms with Crippen LogP contribution in [0.15, 0.2) is 6.20 Å². The Bertz CT molecular complexity index is 324. The molecule has 76 valence electrons. The van der Waals surface area contributed by atoms with E-state index in [0.717, 1.165) is 6.29 Å². The van der Waals surface area contributed by atoms with Gasteiger partial charge in [-0.05, 0) is 12.8 Å². The smallest absolute Gasteiger partial charge is 0.185 e. The third-order valence-electron chi connectivity index (χ3n) is 3.19. The maximum atomic E-state index is 10.6. The Balaban J connectivity index is 2.22. The summed E-state index contributed by atoms with van der Waals surface area (Å²) in [6.07, 6.45) is 9.16. The largest absolute Gasteiger partial charge is 0.329 e. The van der Waals surface area contributed by atoms with Crippen molar-refractivity contribution in [1.29, 1.82) is 0 Å². The molecule has 1 fully saturated rings. The van der Waals surface area contributed by atoms with Crippen LogP contribution in [0.2, 0.25) is 0 Å². The second-order valence-corrected chi connectivity index (χ2v) is 4.05. The van der Waals surface area contributed by atoms with E-state index in [1.165, 1.54) is 37.8 Å². The van der Waals surface area contributed by atoms with Gasteiger partial charge in [0, 0.05) is 24.9 Å². The minimum atomic E-state index is 0.547. The molecule has 1 aromatic heterocycles. The van der Waals surface area contributed by atoms with Gasteiger partial charge >= 0.3 is 0 Å². The number of aromatic nitrogens is 2. The molecule has 2 rings (SSSR count). The number of imidazole rings is 1. The highest BCUT2D eigenvalue weighted by atomic mass is 16.1. The van der Waals surface area contributed by atoms with Crippen molar-refractivity contribution in [3.63, 3.8) is 0 Å². The summed E-state index contributed by atoms with van der Waals surface area (Å²) in [7, 11) is 1.93. The zero-order valence-corrected chi connectivity index (χ0v) is 8.57. The Kier molecular flexibility index (Phi) is 2.66. The van der Waals surface area contributed by atoms with Crippen molar-refractivity contribution in [3.8, 4) is 0 Å². The molecule has 0 spiro atoms. The molecule has 0 radical (unpaired) electrons. The fourth-order valence-corrected chi connectivity index (χ4v) is 2.32. The van der Waals surface area contributed by atoms with Crippen molar-refractivity contribution in [2.75, 3.05) is 0 Å². The molecule has 1 aliphatic rings. The molecule has 3 nitrogen and oxygen atoms in total. The van der Waals surface area contributed by atoms with Crippen molar-refractivity contribution in [2.45, 2.75) is 38.0 Å². The van der Waals surface area contributed by atoms with E-state index in [0.29, 0.717) is 11.7 Å². The van der Waals surface area contributed by atoms with Crippen molar-refractivity contribution in [2.24, 2.45) is 7.05 Å². The normalized spacial score (nSPS) is 18.4. The van der Waals surface area contributed by atoms with E-state index in [9.17, 15) is 4.79 Å². The molecule has 0 aromatic carbocycles. The summed E-state index contributed by atoms with van der Waals surface area (Å²) in [6.45, 7) is 0. The van der Waals surface area contributed by atoms with E-state index in [2.05, 4.69) is 4.98 Å². The van der Waals surface area contributed by atoms with Gasteiger partial charge in [0.15, 0.2) is 12.1 Å². The fourth-order valence-electron chi connectivity index (χ4n) is 2.32. The summed E-state index contributed by atoms with van der Waals surface area (Å²) in [5.41, 5.74) is 1.23. The van der Waals surface area contributed by atoms with Gasteiger partial charge in [-0.25, -0.2) is 4.98 Å². The summed E-state index contributed by atoms with van der Waals surface area (Å²) < 4.78 is 1.93. The highest BCUT2D eigenvalue weighted by Crippen LogP contribution is 2.32. The zero-order chi connectivity index (χ0) is 9.97. The SMILES string of the molecule is Cn1c(C2CCCCC2)cnc1C=O. The molecule has 0 unspecified atom stereocenters. The minimum absolute atomic E-state index is 0.547. The molecule has 0 atom stereocenters.